The molecule has 1 aromatic carbocycles. The molecule has 0 bridgehead atoms. The number of phenols is 2. The third-order valence-electron chi connectivity index (χ3n) is 2.04. The Bertz CT molecular complexity index is 383. The first-order valence-electron chi connectivity index (χ1n) is 4.17. The quantitative estimate of drug-likeness (QED) is 0.508. The molecule has 0 radical (unpaired) electrons. The lowest BCUT2D eigenvalue weighted by atomic mass is 10.0. The zero-order valence-corrected chi connectivity index (χ0v) is 8.04. The van der Waals surface area contributed by atoms with Crippen LogP contribution in [-0.2, 0) is 0 Å². The highest BCUT2D eigenvalue weighted by atomic mass is 16.3. The first kappa shape index (κ1) is 10.2. The van der Waals surface area contributed by atoms with Crippen LogP contribution >= 0.6 is 0 Å². The highest BCUT2D eigenvalue weighted by Gasteiger charge is 2.11. The van der Waals surface area contributed by atoms with Gasteiger partial charge < -0.3 is 15.5 Å². The summed E-state index contributed by atoms with van der Waals surface area (Å²) in [5, 5.41) is 21.8. The van der Waals surface area contributed by atoms with Crippen LogP contribution in [0, 0.1) is 0 Å². The van der Waals surface area contributed by atoms with Gasteiger partial charge in [0.05, 0.1) is 0 Å². The number of phenolic OH excluding ortho intramolecular Hbond substituents is 2. The van der Waals surface area contributed by atoms with Crippen LogP contribution in [0.2, 0.25) is 0 Å². The molecule has 0 aliphatic heterocycles. The van der Waals surface area contributed by atoms with E-state index < -0.39 is 0 Å². The number of anilines is 1. The monoisotopic (exact) mass is 191 g/mol. The van der Waals surface area contributed by atoms with E-state index in [1.807, 2.05) is 0 Å². The highest BCUT2D eigenvalue weighted by molar-refractivity contribution is 5.80. The van der Waals surface area contributed by atoms with E-state index in [-0.39, 0.29) is 11.5 Å². The van der Waals surface area contributed by atoms with Crippen molar-refractivity contribution in [1.29, 1.82) is 0 Å². The Hall–Kier alpha value is -1.90. The summed E-state index contributed by atoms with van der Waals surface area (Å²) in [5.74, 6) is -0.344. The van der Waals surface area contributed by atoms with Crippen molar-refractivity contribution in [1.82, 2.24) is 0 Å². The topological polar surface area (TPSA) is 52.5 Å². The maximum atomic E-state index is 9.53. The summed E-state index contributed by atoms with van der Waals surface area (Å²) in [4.78, 5) is 0. The van der Waals surface area contributed by atoms with Gasteiger partial charge in [-0.05, 0) is 0 Å². The Morgan fingerprint density at radius 2 is 1.79 bits per heavy atom. The van der Waals surface area contributed by atoms with E-state index >= 15 is 0 Å². The molecule has 1 rings (SSSR count). The molecule has 3 heteroatoms. The predicted molar refractivity (Wildman–Crippen MR) is 59.5 cm³/mol. The third-order valence-corrected chi connectivity index (χ3v) is 2.04. The van der Waals surface area contributed by atoms with Gasteiger partial charge in [0.2, 0.25) is 0 Å². The molecule has 3 N–H and O–H groups in total. The van der Waals surface area contributed by atoms with Crippen molar-refractivity contribution >= 4 is 17.8 Å². The average molecular weight is 191 g/mol. The summed E-state index contributed by atoms with van der Waals surface area (Å²) < 4.78 is 0. The maximum Gasteiger partial charge on any atom is 0.165 e. The van der Waals surface area contributed by atoms with E-state index in [2.05, 4.69) is 18.5 Å². The van der Waals surface area contributed by atoms with Gasteiger partial charge in [-0.1, -0.05) is 25.3 Å². The zero-order chi connectivity index (χ0) is 10.7. The normalized spacial score (nSPS) is 9.50. The zero-order valence-electron chi connectivity index (χ0n) is 8.04. The van der Waals surface area contributed by atoms with Gasteiger partial charge in [-0.15, -0.1) is 0 Å². The Balaban J connectivity index is 3.57. The standard InChI is InChI=1S/C11H13NO2/c1-4-7-8(5-2)11(14)10(13)6-9(7)12-3/h4-6,12-14H,1-2H2,3H3. The molecule has 0 fully saturated rings. The number of nitrogens with one attached hydrogen (secondary N) is 1. The van der Waals surface area contributed by atoms with Crippen LogP contribution in [0.15, 0.2) is 19.2 Å². The molecule has 3 nitrogen and oxygen atoms in total. The Kier molecular flexibility index (Phi) is 2.82. The average Bonchev–Trinajstić information content (AvgIpc) is 2.20. The molecular formula is C11H13NO2. The highest BCUT2D eigenvalue weighted by Crippen LogP contribution is 2.37. The van der Waals surface area contributed by atoms with E-state index in [0.717, 1.165) is 5.56 Å². The molecule has 0 aliphatic rings. The molecule has 0 spiro atoms. The molecule has 0 aliphatic carbocycles. The van der Waals surface area contributed by atoms with Crippen molar-refractivity contribution in [3.63, 3.8) is 0 Å². The molecule has 0 heterocycles. The molecule has 14 heavy (non-hydrogen) atoms. The molecule has 0 atom stereocenters. The Labute approximate surface area is 83.0 Å². The van der Waals surface area contributed by atoms with Crippen LogP contribution in [0.3, 0.4) is 0 Å². The largest absolute Gasteiger partial charge is 0.504 e. The van der Waals surface area contributed by atoms with Crippen LogP contribution < -0.4 is 5.32 Å². The minimum Gasteiger partial charge on any atom is -0.504 e. The maximum absolute atomic E-state index is 9.53. The van der Waals surface area contributed by atoms with Gasteiger partial charge in [0, 0.05) is 29.9 Å². The summed E-state index contributed by atoms with van der Waals surface area (Å²) >= 11 is 0. The third kappa shape index (κ3) is 1.44. The van der Waals surface area contributed by atoms with Gasteiger partial charge in [-0.2, -0.15) is 0 Å². The van der Waals surface area contributed by atoms with Gasteiger partial charge in [-0.25, -0.2) is 0 Å². The lowest BCUT2D eigenvalue weighted by molar-refractivity contribution is 0.403. The van der Waals surface area contributed by atoms with Gasteiger partial charge in [0.15, 0.2) is 11.5 Å². The number of hydrogen-bond acceptors (Lipinski definition) is 3. The van der Waals surface area contributed by atoms with Gasteiger partial charge in [0.25, 0.3) is 0 Å². The van der Waals surface area contributed by atoms with E-state index in [1.54, 1.807) is 13.1 Å². The van der Waals surface area contributed by atoms with Crippen molar-refractivity contribution in [2.45, 2.75) is 0 Å². The number of hydrogen-bond donors (Lipinski definition) is 3. The fourth-order valence-electron chi connectivity index (χ4n) is 1.33. The van der Waals surface area contributed by atoms with Crippen molar-refractivity contribution in [3.05, 3.63) is 30.4 Å². The predicted octanol–water partition coefficient (Wildman–Crippen LogP) is 2.43. The lowest BCUT2D eigenvalue weighted by Crippen LogP contribution is -1.94. The minimum absolute atomic E-state index is 0.171. The SMILES string of the molecule is C=Cc1c(NC)cc(O)c(O)c1C=C. The molecule has 0 amide bonds. The van der Waals surface area contributed by atoms with Gasteiger partial charge in [0.1, 0.15) is 0 Å². The van der Waals surface area contributed by atoms with E-state index in [1.165, 1.54) is 12.1 Å². The first-order chi connectivity index (χ1) is 6.65. The van der Waals surface area contributed by atoms with Crippen LogP contribution in [-0.4, -0.2) is 17.3 Å². The van der Waals surface area contributed by atoms with Crippen molar-refractivity contribution in [2.24, 2.45) is 0 Å². The summed E-state index contributed by atoms with van der Waals surface area (Å²) in [6.07, 6.45) is 3.08. The van der Waals surface area contributed by atoms with Gasteiger partial charge >= 0.3 is 0 Å². The Morgan fingerprint density at radius 1 is 1.21 bits per heavy atom. The smallest absolute Gasteiger partial charge is 0.165 e. The molecule has 74 valence electrons. The van der Waals surface area contributed by atoms with Crippen molar-refractivity contribution in [3.8, 4) is 11.5 Å². The van der Waals surface area contributed by atoms with E-state index in [4.69, 9.17) is 0 Å². The minimum atomic E-state index is -0.172. The molecule has 0 saturated carbocycles. The molecule has 1 aromatic rings. The second-order valence-electron chi connectivity index (χ2n) is 2.78. The van der Waals surface area contributed by atoms with Crippen molar-refractivity contribution in [2.75, 3.05) is 12.4 Å². The van der Waals surface area contributed by atoms with Crippen molar-refractivity contribution < 1.29 is 10.2 Å². The molecule has 0 unspecified atom stereocenters. The Morgan fingerprint density at radius 3 is 2.21 bits per heavy atom. The molecule has 0 saturated heterocycles. The van der Waals surface area contributed by atoms with Gasteiger partial charge in [-0.3, -0.25) is 0 Å². The first-order valence-corrected chi connectivity index (χ1v) is 4.17. The summed E-state index contributed by atoms with van der Waals surface area (Å²) in [6.45, 7) is 7.21. The van der Waals surface area contributed by atoms with Crippen LogP contribution in [0.25, 0.3) is 12.2 Å². The number of aromatic hydroxyl groups is 2. The second-order valence-corrected chi connectivity index (χ2v) is 2.78. The number of benzene rings is 1. The fourth-order valence-corrected chi connectivity index (χ4v) is 1.33. The van der Waals surface area contributed by atoms with Crippen LogP contribution in [0.1, 0.15) is 11.1 Å². The van der Waals surface area contributed by atoms with E-state index in [0.29, 0.717) is 11.3 Å². The summed E-state index contributed by atoms with van der Waals surface area (Å²) in [6, 6.07) is 1.44. The second kappa shape index (κ2) is 3.87. The van der Waals surface area contributed by atoms with Crippen LogP contribution in [0.4, 0.5) is 5.69 Å². The van der Waals surface area contributed by atoms with E-state index in [9.17, 15) is 10.2 Å². The molecule has 0 aromatic heterocycles. The summed E-state index contributed by atoms with van der Waals surface area (Å²) in [7, 11) is 1.73. The number of rotatable bonds is 3. The fraction of sp³-hybridized carbons (Fsp3) is 0.0909. The van der Waals surface area contributed by atoms with Crippen LogP contribution in [0.5, 0.6) is 11.5 Å². The molecular weight excluding hydrogens is 178 g/mol. The summed E-state index contributed by atoms with van der Waals surface area (Å²) in [5.41, 5.74) is 1.90. The lowest BCUT2D eigenvalue weighted by Gasteiger charge is -2.11.